The van der Waals surface area contributed by atoms with Crippen LogP contribution < -0.4 is 5.73 Å². The van der Waals surface area contributed by atoms with Crippen LogP contribution in [0.25, 0.3) is 0 Å². The largest absolute Gasteiger partial charge is 0.383 e. The van der Waals surface area contributed by atoms with E-state index >= 15 is 0 Å². The number of nitrogens with two attached hydrogens (primary N) is 1. The van der Waals surface area contributed by atoms with Crippen molar-refractivity contribution in [3.8, 4) is 0 Å². The summed E-state index contributed by atoms with van der Waals surface area (Å²) >= 11 is 0. The minimum absolute atomic E-state index is 0.0311. The molecule has 0 saturated carbocycles. The zero-order valence-electron chi connectivity index (χ0n) is 13.3. The number of hydrogen-bond acceptors (Lipinski definition) is 3. The van der Waals surface area contributed by atoms with E-state index in [1.165, 1.54) is 19.3 Å². The van der Waals surface area contributed by atoms with Crippen molar-refractivity contribution in [2.75, 3.05) is 26.8 Å². The molecule has 3 nitrogen and oxygen atoms in total. The van der Waals surface area contributed by atoms with E-state index in [0.717, 1.165) is 6.54 Å². The second kappa shape index (κ2) is 8.89. The molecule has 0 fully saturated rings. The standard InChI is InChI=1S/C15H34N2O/c1-7-8-9-10-17(14(4)5)15(11-16,12-18-6)13(2)3/h13-14H,7-12,16H2,1-6H3. The zero-order chi connectivity index (χ0) is 14.2. The molecule has 0 aromatic rings. The molecule has 18 heavy (non-hydrogen) atoms. The lowest BCUT2D eigenvalue weighted by Crippen LogP contribution is -2.62. The molecule has 0 aliphatic heterocycles. The summed E-state index contributed by atoms with van der Waals surface area (Å²) in [4.78, 5) is 2.55. The Morgan fingerprint density at radius 3 is 2.11 bits per heavy atom. The van der Waals surface area contributed by atoms with Gasteiger partial charge in [-0.1, -0.05) is 33.6 Å². The Hall–Kier alpha value is -0.120. The van der Waals surface area contributed by atoms with E-state index in [2.05, 4.69) is 39.5 Å². The first kappa shape index (κ1) is 17.9. The second-order valence-electron chi connectivity index (χ2n) is 5.89. The van der Waals surface area contributed by atoms with Crippen molar-refractivity contribution in [3.63, 3.8) is 0 Å². The molecule has 0 aromatic heterocycles. The fourth-order valence-corrected chi connectivity index (χ4v) is 2.77. The molecule has 1 unspecified atom stereocenters. The normalized spacial score (nSPS) is 15.7. The van der Waals surface area contributed by atoms with Crippen LogP contribution in [0.3, 0.4) is 0 Å². The van der Waals surface area contributed by atoms with E-state index in [1.54, 1.807) is 7.11 Å². The van der Waals surface area contributed by atoms with Crippen molar-refractivity contribution < 1.29 is 4.74 Å². The second-order valence-corrected chi connectivity index (χ2v) is 5.89. The summed E-state index contributed by atoms with van der Waals surface area (Å²) < 4.78 is 5.48. The molecular weight excluding hydrogens is 224 g/mol. The predicted octanol–water partition coefficient (Wildman–Crippen LogP) is 2.89. The molecule has 0 aliphatic carbocycles. The average Bonchev–Trinajstić information content (AvgIpc) is 2.31. The van der Waals surface area contributed by atoms with Crippen LogP contribution in [0.4, 0.5) is 0 Å². The zero-order valence-corrected chi connectivity index (χ0v) is 13.3. The summed E-state index contributed by atoms with van der Waals surface area (Å²) in [6, 6.07) is 0.503. The minimum atomic E-state index is -0.0311. The molecule has 1 atom stereocenters. The van der Waals surface area contributed by atoms with E-state index in [1.807, 2.05) is 0 Å². The van der Waals surface area contributed by atoms with Crippen LogP contribution in [0.5, 0.6) is 0 Å². The van der Waals surface area contributed by atoms with Gasteiger partial charge in [0.1, 0.15) is 0 Å². The molecule has 0 saturated heterocycles. The number of methoxy groups -OCH3 is 1. The van der Waals surface area contributed by atoms with Crippen molar-refractivity contribution in [2.24, 2.45) is 11.7 Å². The summed E-state index contributed by atoms with van der Waals surface area (Å²) in [7, 11) is 1.78. The van der Waals surface area contributed by atoms with Crippen LogP contribution in [0, 0.1) is 5.92 Å². The van der Waals surface area contributed by atoms with Crippen molar-refractivity contribution in [2.45, 2.75) is 65.5 Å². The quantitative estimate of drug-likeness (QED) is 0.612. The highest BCUT2D eigenvalue weighted by Gasteiger charge is 2.39. The van der Waals surface area contributed by atoms with E-state index in [-0.39, 0.29) is 5.54 Å². The predicted molar refractivity (Wildman–Crippen MR) is 79.9 cm³/mol. The first-order valence-electron chi connectivity index (χ1n) is 7.42. The molecule has 0 aliphatic rings. The average molecular weight is 258 g/mol. The third-order valence-corrected chi connectivity index (χ3v) is 4.02. The highest BCUT2D eigenvalue weighted by atomic mass is 16.5. The first-order valence-corrected chi connectivity index (χ1v) is 7.42. The smallest absolute Gasteiger partial charge is 0.0661 e. The highest BCUT2D eigenvalue weighted by Crippen LogP contribution is 2.27. The molecular formula is C15H34N2O. The fraction of sp³-hybridized carbons (Fsp3) is 1.00. The molecule has 0 bridgehead atoms. The van der Waals surface area contributed by atoms with Gasteiger partial charge in [0, 0.05) is 19.7 Å². The lowest BCUT2D eigenvalue weighted by molar-refractivity contribution is -0.0344. The number of rotatable bonds is 10. The fourth-order valence-electron chi connectivity index (χ4n) is 2.77. The third kappa shape index (κ3) is 4.52. The SMILES string of the molecule is CCCCCN(C(C)C)C(CN)(COC)C(C)C. The van der Waals surface area contributed by atoms with Gasteiger partial charge in [-0.3, -0.25) is 4.90 Å². The molecule has 0 aromatic carbocycles. The number of hydrogen-bond donors (Lipinski definition) is 1. The van der Waals surface area contributed by atoms with Crippen LogP contribution in [0.2, 0.25) is 0 Å². The molecule has 0 radical (unpaired) electrons. The van der Waals surface area contributed by atoms with E-state index in [9.17, 15) is 0 Å². The van der Waals surface area contributed by atoms with Crippen LogP contribution in [-0.4, -0.2) is 43.3 Å². The Balaban J connectivity index is 4.95. The number of unbranched alkanes of at least 4 members (excludes halogenated alkanes) is 2. The van der Waals surface area contributed by atoms with Gasteiger partial charge >= 0.3 is 0 Å². The van der Waals surface area contributed by atoms with Crippen LogP contribution in [-0.2, 0) is 4.74 Å². The summed E-state index contributed by atoms with van der Waals surface area (Å²) in [5.74, 6) is 0.492. The third-order valence-electron chi connectivity index (χ3n) is 4.02. The Morgan fingerprint density at radius 2 is 1.78 bits per heavy atom. The number of ether oxygens (including phenoxy) is 1. The van der Waals surface area contributed by atoms with Gasteiger partial charge in [-0.25, -0.2) is 0 Å². The molecule has 0 heterocycles. The topological polar surface area (TPSA) is 38.5 Å². The Labute approximate surface area is 114 Å². The molecule has 3 heteroatoms. The van der Waals surface area contributed by atoms with Gasteiger partial charge in [0.2, 0.25) is 0 Å². The lowest BCUT2D eigenvalue weighted by atomic mass is 9.84. The Kier molecular flexibility index (Phi) is 8.83. The van der Waals surface area contributed by atoms with Gasteiger partial charge in [-0.2, -0.15) is 0 Å². The van der Waals surface area contributed by atoms with E-state index in [0.29, 0.717) is 25.1 Å². The molecule has 0 rings (SSSR count). The van der Waals surface area contributed by atoms with Gasteiger partial charge in [-0.05, 0) is 32.7 Å². The monoisotopic (exact) mass is 258 g/mol. The molecule has 2 N–H and O–H groups in total. The van der Waals surface area contributed by atoms with E-state index < -0.39 is 0 Å². The van der Waals surface area contributed by atoms with Gasteiger partial charge in [0.15, 0.2) is 0 Å². The maximum atomic E-state index is 6.12. The summed E-state index contributed by atoms with van der Waals surface area (Å²) in [5, 5.41) is 0. The van der Waals surface area contributed by atoms with E-state index in [4.69, 9.17) is 10.5 Å². The summed E-state index contributed by atoms with van der Waals surface area (Å²) in [6.07, 6.45) is 3.79. The maximum absolute atomic E-state index is 6.12. The molecule has 0 amide bonds. The van der Waals surface area contributed by atoms with Crippen molar-refractivity contribution in [1.29, 1.82) is 0 Å². The van der Waals surface area contributed by atoms with Crippen molar-refractivity contribution >= 4 is 0 Å². The Bertz CT molecular complexity index is 207. The lowest BCUT2D eigenvalue weighted by Gasteiger charge is -2.48. The van der Waals surface area contributed by atoms with Crippen LogP contribution in [0.1, 0.15) is 53.9 Å². The van der Waals surface area contributed by atoms with Gasteiger partial charge < -0.3 is 10.5 Å². The number of nitrogens with zero attached hydrogens (tertiary/aromatic N) is 1. The van der Waals surface area contributed by atoms with Crippen LogP contribution in [0.15, 0.2) is 0 Å². The van der Waals surface area contributed by atoms with Gasteiger partial charge in [0.25, 0.3) is 0 Å². The van der Waals surface area contributed by atoms with Crippen molar-refractivity contribution in [1.82, 2.24) is 4.90 Å². The molecule has 110 valence electrons. The highest BCUT2D eigenvalue weighted by molar-refractivity contribution is 4.96. The molecule has 0 spiro atoms. The first-order chi connectivity index (χ1) is 8.46. The van der Waals surface area contributed by atoms with Gasteiger partial charge in [-0.15, -0.1) is 0 Å². The summed E-state index contributed by atoms with van der Waals surface area (Å²) in [6.45, 7) is 13.7. The Morgan fingerprint density at radius 1 is 1.17 bits per heavy atom. The summed E-state index contributed by atoms with van der Waals surface area (Å²) in [5.41, 5.74) is 6.08. The van der Waals surface area contributed by atoms with Crippen molar-refractivity contribution in [3.05, 3.63) is 0 Å². The van der Waals surface area contributed by atoms with Crippen LogP contribution >= 0.6 is 0 Å². The maximum Gasteiger partial charge on any atom is 0.0661 e. The minimum Gasteiger partial charge on any atom is -0.383 e. The van der Waals surface area contributed by atoms with Gasteiger partial charge in [0.05, 0.1) is 12.1 Å².